The van der Waals surface area contributed by atoms with Crippen LogP contribution in [0.5, 0.6) is 5.75 Å². The van der Waals surface area contributed by atoms with Gasteiger partial charge < -0.3 is 14.6 Å². The Bertz CT molecular complexity index is 533. The number of aromatic nitrogens is 1. The molecule has 0 saturated heterocycles. The molecule has 0 bridgehead atoms. The van der Waals surface area contributed by atoms with Gasteiger partial charge in [-0.15, -0.1) is 0 Å². The zero-order valence-electron chi connectivity index (χ0n) is 12.6. The first kappa shape index (κ1) is 14.7. The van der Waals surface area contributed by atoms with E-state index in [1.165, 1.54) is 11.1 Å². The Balaban J connectivity index is 2.13. The van der Waals surface area contributed by atoms with Gasteiger partial charge in [0.2, 0.25) is 0 Å². The molecule has 2 rings (SSSR count). The molecule has 3 heteroatoms. The third-order valence-corrected chi connectivity index (χ3v) is 3.58. The molecule has 20 heavy (non-hydrogen) atoms. The molecule has 0 saturated carbocycles. The summed E-state index contributed by atoms with van der Waals surface area (Å²) < 4.78 is 7.62. The minimum atomic E-state index is 0.443. The van der Waals surface area contributed by atoms with E-state index in [0.29, 0.717) is 6.04 Å². The number of rotatable bonds is 7. The van der Waals surface area contributed by atoms with E-state index in [9.17, 15) is 0 Å². The number of para-hydroxylation sites is 1. The van der Waals surface area contributed by atoms with Gasteiger partial charge in [0.25, 0.3) is 0 Å². The van der Waals surface area contributed by atoms with E-state index < -0.39 is 0 Å². The fourth-order valence-electron chi connectivity index (χ4n) is 2.54. The van der Waals surface area contributed by atoms with Crippen LogP contribution in [0.25, 0.3) is 0 Å². The number of nitrogens with zero attached hydrogens (tertiary/aromatic N) is 1. The van der Waals surface area contributed by atoms with Crippen molar-refractivity contribution in [1.29, 1.82) is 0 Å². The summed E-state index contributed by atoms with van der Waals surface area (Å²) in [6.07, 6.45) is 5.47. The summed E-state index contributed by atoms with van der Waals surface area (Å²) in [6.45, 7) is 6.20. The maximum absolute atomic E-state index is 5.41. The normalized spacial score (nSPS) is 12.3. The molecule has 1 heterocycles. The van der Waals surface area contributed by atoms with Crippen LogP contribution in [0.3, 0.4) is 0 Å². The maximum atomic E-state index is 5.41. The van der Waals surface area contributed by atoms with Gasteiger partial charge in [-0.2, -0.15) is 0 Å². The van der Waals surface area contributed by atoms with Crippen LogP contribution in [0, 0.1) is 0 Å². The van der Waals surface area contributed by atoms with E-state index in [1.807, 2.05) is 12.1 Å². The van der Waals surface area contributed by atoms with E-state index >= 15 is 0 Å². The summed E-state index contributed by atoms with van der Waals surface area (Å²) in [5.74, 6) is 0.946. The highest BCUT2D eigenvalue weighted by molar-refractivity contribution is 5.33. The average molecular weight is 272 g/mol. The van der Waals surface area contributed by atoms with Crippen molar-refractivity contribution in [1.82, 2.24) is 9.88 Å². The van der Waals surface area contributed by atoms with Gasteiger partial charge in [-0.05, 0) is 30.7 Å². The van der Waals surface area contributed by atoms with Gasteiger partial charge >= 0.3 is 0 Å². The molecule has 2 aromatic rings. The van der Waals surface area contributed by atoms with E-state index in [1.54, 1.807) is 7.11 Å². The predicted molar refractivity (Wildman–Crippen MR) is 83.2 cm³/mol. The summed E-state index contributed by atoms with van der Waals surface area (Å²) in [5, 5.41) is 3.51. The van der Waals surface area contributed by atoms with Gasteiger partial charge in [0.1, 0.15) is 5.75 Å². The predicted octanol–water partition coefficient (Wildman–Crippen LogP) is 3.61. The van der Waals surface area contributed by atoms with Gasteiger partial charge in [-0.1, -0.05) is 32.0 Å². The lowest BCUT2D eigenvalue weighted by atomic mass is 10.1. The molecular formula is C17H24N2O. The molecule has 0 spiro atoms. The van der Waals surface area contributed by atoms with Crippen LogP contribution in [0.1, 0.15) is 37.4 Å². The van der Waals surface area contributed by atoms with Crippen molar-refractivity contribution in [2.45, 2.75) is 32.9 Å². The van der Waals surface area contributed by atoms with Crippen LogP contribution >= 0.6 is 0 Å². The molecule has 0 aliphatic heterocycles. The Morgan fingerprint density at radius 1 is 1.20 bits per heavy atom. The standard InChI is InChI=1S/C17H24N2O/c1-4-16(18-5-2)14-10-11-19(12-14)13-15-8-6-7-9-17(15)20-3/h6-12,16,18H,4-5,13H2,1-3H3. The lowest BCUT2D eigenvalue weighted by Gasteiger charge is -2.14. The molecule has 3 nitrogen and oxygen atoms in total. The second-order valence-corrected chi connectivity index (χ2v) is 4.95. The summed E-state index contributed by atoms with van der Waals surface area (Å²) in [5.41, 5.74) is 2.55. The van der Waals surface area contributed by atoms with Gasteiger partial charge in [-0.3, -0.25) is 0 Å². The lowest BCUT2D eigenvalue weighted by molar-refractivity contribution is 0.408. The second kappa shape index (κ2) is 7.15. The first-order chi connectivity index (χ1) is 9.78. The highest BCUT2D eigenvalue weighted by atomic mass is 16.5. The number of hydrogen-bond acceptors (Lipinski definition) is 2. The third kappa shape index (κ3) is 3.42. The first-order valence-corrected chi connectivity index (χ1v) is 7.29. The fraction of sp³-hybridized carbons (Fsp3) is 0.412. The van der Waals surface area contributed by atoms with Crippen molar-refractivity contribution in [3.8, 4) is 5.75 Å². The molecular weight excluding hydrogens is 248 g/mol. The average Bonchev–Trinajstić information content (AvgIpc) is 2.93. The summed E-state index contributed by atoms with van der Waals surface area (Å²) >= 11 is 0. The summed E-state index contributed by atoms with van der Waals surface area (Å²) in [6, 6.07) is 10.8. The van der Waals surface area contributed by atoms with E-state index in [4.69, 9.17) is 4.74 Å². The zero-order chi connectivity index (χ0) is 14.4. The molecule has 1 unspecified atom stereocenters. The maximum Gasteiger partial charge on any atom is 0.123 e. The van der Waals surface area contributed by atoms with Crippen molar-refractivity contribution >= 4 is 0 Å². The Hall–Kier alpha value is -1.74. The number of benzene rings is 1. The molecule has 1 atom stereocenters. The van der Waals surface area contributed by atoms with Crippen LogP contribution < -0.4 is 10.1 Å². The quantitative estimate of drug-likeness (QED) is 0.833. The highest BCUT2D eigenvalue weighted by Crippen LogP contribution is 2.21. The number of methoxy groups -OCH3 is 1. The SMILES string of the molecule is CCNC(CC)c1ccn(Cc2ccccc2OC)c1. The van der Waals surface area contributed by atoms with Crippen molar-refractivity contribution in [2.75, 3.05) is 13.7 Å². The van der Waals surface area contributed by atoms with E-state index in [-0.39, 0.29) is 0 Å². The van der Waals surface area contributed by atoms with Crippen LogP contribution in [0.4, 0.5) is 0 Å². The fourth-order valence-corrected chi connectivity index (χ4v) is 2.54. The Labute approximate surface area is 121 Å². The molecule has 0 amide bonds. The molecule has 0 aliphatic rings. The Morgan fingerprint density at radius 3 is 2.70 bits per heavy atom. The van der Waals surface area contributed by atoms with Crippen molar-refractivity contribution in [2.24, 2.45) is 0 Å². The molecule has 0 aliphatic carbocycles. The van der Waals surface area contributed by atoms with Crippen LogP contribution in [0.15, 0.2) is 42.7 Å². The smallest absolute Gasteiger partial charge is 0.123 e. The van der Waals surface area contributed by atoms with Crippen molar-refractivity contribution in [3.05, 3.63) is 53.9 Å². The third-order valence-electron chi connectivity index (χ3n) is 3.58. The number of ether oxygens (including phenoxy) is 1. The Morgan fingerprint density at radius 2 is 2.00 bits per heavy atom. The van der Waals surface area contributed by atoms with Gasteiger partial charge in [-0.25, -0.2) is 0 Å². The minimum absolute atomic E-state index is 0.443. The topological polar surface area (TPSA) is 26.2 Å². The van der Waals surface area contributed by atoms with Crippen LogP contribution in [0.2, 0.25) is 0 Å². The summed E-state index contributed by atoms with van der Waals surface area (Å²) in [4.78, 5) is 0. The molecule has 1 aromatic carbocycles. The van der Waals surface area contributed by atoms with E-state index in [2.05, 4.69) is 54.3 Å². The van der Waals surface area contributed by atoms with Gasteiger partial charge in [0, 0.05) is 24.0 Å². The van der Waals surface area contributed by atoms with E-state index in [0.717, 1.165) is 25.3 Å². The van der Waals surface area contributed by atoms with Crippen molar-refractivity contribution < 1.29 is 4.74 Å². The molecule has 1 N–H and O–H groups in total. The largest absolute Gasteiger partial charge is 0.496 e. The molecule has 0 fully saturated rings. The monoisotopic (exact) mass is 272 g/mol. The number of nitrogens with one attached hydrogen (secondary N) is 1. The van der Waals surface area contributed by atoms with Crippen molar-refractivity contribution in [3.63, 3.8) is 0 Å². The lowest BCUT2D eigenvalue weighted by Crippen LogP contribution is -2.19. The molecule has 1 aromatic heterocycles. The van der Waals surface area contributed by atoms with Crippen LogP contribution in [-0.2, 0) is 6.54 Å². The zero-order valence-corrected chi connectivity index (χ0v) is 12.6. The number of hydrogen-bond donors (Lipinski definition) is 1. The van der Waals surface area contributed by atoms with Gasteiger partial charge in [0.15, 0.2) is 0 Å². The second-order valence-electron chi connectivity index (χ2n) is 4.95. The molecule has 0 radical (unpaired) electrons. The van der Waals surface area contributed by atoms with Crippen LogP contribution in [-0.4, -0.2) is 18.2 Å². The highest BCUT2D eigenvalue weighted by Gasteiger charge is 2.10. The minimum Gasteiger partial charge on any atom is -0.496 e. The first-order valence-electron chi connectivity index (χ1n) is 7.29. The Kier molecular flexibility index (Phi) is 5.24. The molecule has 108 valence electrons. The van der Waals surface area contributed by atoms with Gasteiger partial charge in [0.05, 0.1) is 13.7 Å². The summed E-state index contributed by atoms with van der Waals surface area (Å²) in [7, 11) is 1.72.